The standard InChI is InChI=1S/C16H17NO3/c1-9-6-10(2)11(3)15(7-9)20-12-4-5-13(16(18)19)14(17)8-12/h4-8H,17H2,1-3H3,(H,18,19). The van der Waals surface area contributed by atoms with E-state index in [9.17, 15) is 4.79 Å². The van der Waals surface area contributed by atoms with Crippen molar-refractivity contribution >= 4 is 11.7 Å². The molecule has 0 aliphatic heterocycles. The zero-order valence-corrected chi connectivity index (χ0v) is 11.7. The first kappa shape index (κ1) is 13.9. The lowest BCUT2D eigenvalue weighted by molar-refractivity contribution is 0.0698. The number of hydrogen-bond acceptors (Lipinski definition) is 3. The van der Waals surface area contributed by atoms with Crippen molar-refractivity contribution in [2.75, 3.05) is 5.73 Å². The smallest absolute Gasteiger partial charge is 0.337 e. The predicted molar refractivity (Wildman–Crippen MR) is 78.5 cm³/mol. The molecule has 2 aromatic rings. The number of carboxylic acids is 1. The van der Waals surface area contributed by atoms with Crippen molar-refractivity contribution in [3.8, 4) is 11.5 Å². The van der Waals surface area contributed by atoms with Crippen LogP contribution >= 0.6 is 0 Å². The van der Waals surface area contributed by atoms with Gasteiger partial charge in [0.05, 0.1) is 5.56 Å². The average molecular weight is 271 g/mol. The number of carboxylic acid groups (broad SMARTS) is 1. The summed E-state index contributed by atoms with van der Waals surface area (Å²) < 4.78 is 5.81. The normalized spacial score (nSPS) is 10.3. The third-order valence-corrected chi connectivity index (χ3v) is 3.25. The van der Waals surface area contributed by atoms with Crippen LogP contribution in [0.5, 0.6) is 11.5 Å². The Hall–Kier alpha value is -2.49. The van der Waals surface area contributed by atoms with Crippen LogP contribution in [0.4, 0.5) is 5.69 Å². The number of aryl methyl sites for hydroxylation is 2. The summed E-state index contributed by atoms with van der Waals surface area (Å²) in [6, 6.07) is 8.62. The number of benzene rings is 2. The summed E-state index contributed by atoms with van der Waals surface area (Å²) in [4.78, 5) is 10.9. The zero-order chi connectivity index (χ0) is 14.9. The molecule has 0 aliphatic rings. The molecule has 0 heterocycles. The molecule has 0 aromatic heterocycles. The van der Waals surface area contributed by atoms with Gasteiger partial charge in [-0.15, -0.1) is 0 Å². The van der Waals surface area contributed by atoms with E-state index in [1.165, 1.54) is 12.1 Å². The molecule has 0 atom stereocenters. The number of ether oxygens (including phenoxy) is 1. The second-order valence-corrected chi connectivity index (χ2v) is 4.86. The second kappa shape index (κ2) is 5.25. The third kappa shape index (κ3) is 2.74. The average Bonchev–Trinajstić information content (AvgIpc) is 2.35. The van der Waals surface area contributed by atoms with Gasteiger partial charge in [0.25, 0.3) is 0 Å². The first-order chi connectivity index (χ1) is 9.38. The number of rotatable bonds is 3. The van der Waals surface area contributed by atoms with E-state index in [4.69, 9.17) is 15.6 Å². The van der Waals surface area contributed by atoms with Crippen LogP contribution in [0.25, 0.3) is 0 Å². The first-order valence-corrected chi connectivity index (χ1v) is 6.27. The molecule has 104 valence electrons. The fourth-order valence-electron chi connectivity index (χ4n) is 2.03. The SMILES string of the molecule is Cc1cc(C)c(C)c(Oc2ccc(C(=O)O)c(N)c2)c1. The molecule has 2 aromatic carbocycles. The van der Waals surface area contributed by atoms with Gasteiger partial charge in [-0.25, -0.2) is 4.79 Å². The minimum absolute atomic E-state index is 0.0782. The summed E-state index contributed by atoms with van der Waals surface area (Å²) in [7, 11) is 0. The highest BCUT2D eigenvalue weighted by Crippen LogP contribution is 2.30. The molecule has 4 nitrogen and oxygen atoms in total. The minimum atomic E-state index is -1.04. The van der Waals surface area contributed by atoms with Crippen LogP contribution in [-0.2, 0) is 0 Å². The van der Waals surface area contributed by atoms with Crippen molar-refractivity contribution in [2.24, 2.45) is 0 Å². The molecule has 0 spiro atoms. The van der Waals surface area contributed by atoms with Gasteiger partial charge in [0, 0.05) is 11.8 Å². The number of hydrogen-bond donors (Lipinski definition) is 2. The Bertz CT molecular complexity index is 678. The van der Waals surface area contributed by atoms with Gasteiger partial charge in [-0.2, -0.15) is 0 Å². The van der Waals surface area contributed by atoms with Crippen LogP contribution in [0.1, 0.15) is 27.0 Å². The highest BCUT2D eigenvalue weighted by Gasteiger charge is 2.10. The van der Waals surface area contributed by atoms with Crippen LogP contribution in [0, 0.1) is 20.8 Å². The Labute approximate surface area is 117 Å². The van der Waals surface area contributed by atoms with Gasteiger partial charge in [0.2, 0.25) is 0 Å². The van der Waals surface area contributed by atoms with Gasteiger partial charge < -0.3 is 15.6 Å². The van der Waals surface area contributed by atoms with E-state index in [1.54, 1.807) is 6.07 Å². The molecule has 0 saturated heterocycles. The molecule has 0 aliphatic carbocycles. The van der Waals surface area contributed by atoms with Crippen molar-refractivity contribution in [3.05, 3.63) is 52.6 Å². The highest BCUT2D eigenvalue weighted by molar-refractivity contribution is 5.93. The van der Waals surface area contributed by atoms with Gasteiger partial charge >= 0.3 is 5.97 Å². The lowest BCUT2D eigenvalue weighted by atomic mass is 10.1. The first-order valence-electron chi connectivity index (χ1n) is 6.27. The van der Waals surface area contributed by atoms with E-state index in [0.717, 1.165) is 22.4 Å². The third-order valence-electron chi connectivity index (χ3n) is 3.25. The summed E-state index contributed by atoms with van der Waals surface area (Å²) in [5.41, 5.74) is 9.29. The Morgan fingerprint density at radius 3 is 2.45 bits per heavy atom. The maximum atomic E-state index is 10.9. The zero-order valence-electron chi connectivity index (χ0n) is 11.7. The number of anilines is 1. The van der Waals surface area contributed by atoms with Crippen molar-refractivity contribution in [2.45, 2.75) is 20.8 Å². The van der Waals surface area contributed by atoms with Crippen molar-refractivity contribution in [1.29, 1.82) is 0 Å². The molecule has 0 unspecified atom stereocenters. The van der Waals surface area contributed by atoms with Crippen LogP contribution < -0.4 is 10.5 Å². The van der Waals surface area contributed by atoms with E-state index in [2.05, 4.69) is 6.07 Å². The second-order valence-electron chi connectivity index (χ2n) is 4.86. The molecular formula is C16H17NO3. The molecule has 0 amide bonds. The lowest BCUT2D eigenvalue weighted by Gasteiger charge is -2.13. The quantitative estimate of drug-likeness (QED) is 0.835. The summed E-state index contributed by atoms with van der Waals surface area (Å²) in [5, 5.41) is 8.94. The van der Waals surface area contributed by atoms with Crippen LogP contribution in [0.3, 0.4) is 0 Å². The Kier molecular flexibility index (Phi) is 3.66. The number of carbonyl (C=O) groups is 1. The molecular weight excluding hydrogens is 254 g/mol. The van der Waals surface area contributed by atoms with Gasteiger partial charge in [0.1, 0.15) is 11.5 Å². The van der Waals surface area contributed by atoms with E-state index >= 15 is 0 Å². The van der Waals surface area contributed by atoms with E-state index < -0.39 is 5.97 Å². The van der Waals surface area contributed by atoms with Crippen LogP contribution in [0.15, 0.2) is 30.3 Å². The van der Waals surface area contributed by atoms with Crippen molar-refractivity contribution in [3.63, 3.8) is 0 Å². The molecule has 3 N–H and O–H groups in total. The monoisotopic (exact) mass is 271 g/mol. The highest BCUT2D eigenvalue weighted by atomic mass is 16.5. The maximum Gasteiger partial charge on any atom is 0.337 e. The van der Waals surface area contributed by atoms with Crippen molar-refractivity contribution in [1.82, 2.24) is 0 Å². The van der Waals surface area contributed by atoms with Gasteiger partial charge in [-0.3, -0.25) is 0 Å². The van der Waals surface area contributed by atoms with Crippen LogP contribution in [0.2, 0.25) is 0 Å². The molecule has 0 saturated carbocycles. The molecule has 0 bridgehead atoms. The minimum Gasteiger partial charge on any atom is -0.478 e. The fraction of sp³-hybridized carbons (Fsp3) is 0.188. The summed E-state index contributed by atoms with van der Waals surface area (Å²) >= 11 is 0. The number of nitrogen functional groups attached to an aromatic ring is 1. The van der Waals surface area contributed by atoms with E-state index in [-0.39, 0.29) is 11.3 Å². The summed E-state index contributed by atoms with van der Waals surface area (Å²) in [6.07, 6.45) is 0. The Morgan fingerprint density at radius 2 is 1.85 bits per heavy atom. The summed E-state index contributed by atoms with van der Waals surface area (Å²) in [6.45, 7) is 6.01. The van der Waals surface area contributed by atoms with Gasteiger partial charge in [-0.1, -0.05) is 6.07 Å². The van der Waals surface area contributed by atoms with Crippen molar-refractivity contribution < 1.29 is 14.6 Å². The maximum absolute atomic E-state index is 10.9. The fourth-order valence-corrected chi connectivity index (χ4v) is 2.03. The van der Waals surface area contributed by atoms with Crippen LogP contribution in [-0.4, -0.2) is 11.1 Å². The topological polar surface area (TPSA) is 72.5 Å². The summed E-state index contributed by atoms with van der Waals surface area (Å²) in [5.74, 6) is 0.238. The number of aromatic carboxylic acids is 1. The number of nitrogens with two attached hydrogens (primary N) is 1. The van der Waals surface area contributed by atoms with E-state index in [1.807, 2.05) is 26.8 Å². The lowest BCUT2D eigenvalue weighted by Crippen LogP contribution is -2.02. The molecule has 2 rings (SSSR count). The Morgan fingerprint density at radius 1 is 1.15 bits per heavy atom. The Balaban J connectivity index is 2.36. The van der Waals surface area contributed by atoms with Gasteiger partial charge in [0.15, 0.2) is 0 Å². The van der Waals surface area contributed by atoms with Gasteiger partial charge in [-0.05, 0) is 55.7 Å². The molecule has 0 radical (unpaired) electrons. The molecule has 20 heavy (non-hydrogen) atoms. The molecule has 4 heteroatoms. The largest absolute Gasteiger partial charge is 0.478 e. The van der Waals surface area contributed by atoms with E-state index in [0.29, 0.717) is 5.75 Å². The predicted octanol–water partition coefficient (Wildman–Crippen LogP) is 3.68. The molecule has 0 fully saturated rings.